The molecule has 33 heavy (non-hydrogen) atoms. The number of esters is 1. The molecule has 0 aliphatic carbocycles. The maximum Gasteiger partial charge on any atom is 0.344 e. The van der Waals surface area contributed by atoms with Gasteiger partial charge in [0.1, 0.15) is 0 Å². The van der Waals surface area contributed by atoms with Crippen molar-refractivity contribution in [1.82, 2.24) is 0 Å². The van der Waals surface area contributed by atoms with E-state index in [2.05, 4.69) is 0 Å². The molecule has 6 rings (SSSR count). The van der Waals surface area contributed by atoms with Crippen LogP contribution in [0.15, 0.2) is 87.5 Å². The van der Waals surface area contributed by atoms with E-state index in [-0.39, 0.29) is 18.2 Å². The molecular weight excluding hydrogens is 456 g/mol. The molecule has 3 aliphatic rings. The minimum atomic E-state index is -1.14. The minimum absolute atomic E-state index is 0.105. The highest BCUT2D eigenvalue weighted by Gasteiger charge is 2.58. The van der Waals surface area contributed by atoms with Gasteiger partial charge < -0.3 is 4.74 Å². The molecule has 3 aliphatic heterocycles. The van der Waals surface area contributed by atoms with Crippen molar-refractivity contribution in [2.24, 2.45) is 0 Å². The first kappa shape index (κ1) is 20.4. The Labute approximate surface area is 198 Å². The summed E-state index contributed by atoms with van der Waals surface area (Å²) in [5.41, 5.74) is 2.26. The molecule has 0 aromatic heterocycles. The van der Waals surface area contributed by atoms with E-state index in [1.807, 2.05) is 72.8 Å². The van der Waals surface area contributed by atoms with E-state index in [0.29, 0.717) is 6.42 Å². The fourth-order valence-corrected chi connectivity index (χ4v) is 7.02. The van der Waals surface area contributed by atoms with Crippen molar-refractivity contribution >= 4 is 58.4 Å². The number of carbonyl (C=O) groups excluding carboxylic acids is 3. The first-order valence-corrected chi connectivity index (χ1v) is 12.2. The van der Waals surface area contributed by atoms with Crippen molar-refractivity contribution in [3.05, 3.63) is 72.8 Å². The van der Waals surface area contributed by atoms with Crippen LogP contribution in [0.1, 0.15) is 12.8 Å². The number of carbonyl (C=O) groups is 3. The second kappa shape index (κ2) is 7.67. The van der Waals surface area contributed by atoms with Gasteiger partial charge in [0.25, 0.3) is 5.91 Å². The molecule has 0 bridgehead atoms. The van der Waals surface area contributed by atoms with Gasteiger partial charge in [-0.05, 0) is 36.4 Å². The zero-order valence-electron chi connectivity index (χ0n) is 17.4. The number of fused-ring (bicyclic) bond motifs is 5. The molecule has 0 N–H and O–H groups in total. The molecule has 3 aromatic rings. The molecule has 0 spiro atoms. The predicted molar refractivity (Wildman–Crippen MR) is 127 cm³/mol. The van der Waals surface area contributed by atoms with Gasteiger partial charge in [-0.15, -0.1) is 0 Å². The standard InChI is InChI=1S/C25H18N2O4S2/c28-22-13-14-25(27(22)18-9-3-6-12-21(18)33-25)24(30)31-15-23(29)26-16-7-1-4-10-19(16)32-20-11-5-2-8-17(20)26/h1-12H,13-15H2/t25-/m0/s1. The summed E-state index contributed by atoms with van der Waals surface area (Å²) in [7, 11) is 0. The highest BCUT2D eigenvalue weighted by Crippen LogP contribution is 2.56. The van der Waals surface area contributed by atoms with Gasteiger partial charge in [-0.3, -0.25) is 19.4 Å². The number of hydrogen-bond acceptors (Lipinski definition) is 6. The zero-order chi connectivity index (χ0) is 22.6. The maximum atomic E-state index is 13.4. The van der Waals surface area contributed by atoms with Crippen LogP contribution in [0.3, 0.4) is 0 Å². The number of anilines is 3. The fourth-order valence-electron chi connectivity index (χ4n) is 4.55. The molecule has 1 atom stereocenters. The topological polar surface area (TPSA) is 66.9 Å². The van der Waals surface area contributed by atoms with Gasteiger partial charge in [-0.25, -0.2) is 4.79 Å². The molecule has 3 aromatic carbocycles. The molecule has 0 saturated carbocycles. The van der Waals surface area contributed by atoms with Crippen LogP contribution in [-0.2, 0) is 19.1 Å². The monoisotopic (exact) mass is 474 g/mol. The smallest absolute Gasteiger partial charge is 0.344 e. The van der Waals surface area contributed by atoms with E-state index in [0.717, 1.165) is 31.7 Å². The number of benzene rings is 3. The summed E-state index contributed by atoms with van der Waals surface area (Å²) in [5.74, 6) is -1.00. The van der Waals surface area contributed by atoms with Crippen LogP contribution in [0.4, 0.5) is 17.1 Å². The van der Waals surface area contributed by atoms with Gasteiger partial charge in [-0.1, -0.05) is 59.9 Å². The van der Waals surface area contributed by atoms with Gasteiger partial charge in [-0.2, -0.15) is 0 Å². The Morgan fingerprint density at radius 3 is 2.09 bits per heavy atom. The van der Waals surface area contributed by atoms with Crippen LogP contribution in [0.2, 0.25) is 0 Å². The summed E-state index contributed by atoms with van der Waals surface area (Å²) in [6.07, 6.45) is 0.624. The van der Waals surface area contributed by atoms with Crippen molar-refractivity contribution in [3.8, 4) is 0 Å². The minimum Gasteiger partial charge on any atom is -0.453 e. The van der Waals surface area contributed by atoms with Crippen molar-refractivity contribution in [1.29, 1.82) is 0 Å². The van der Waals surface area contributed by atoms with E-state index in [1.165, 1.54) is 11.8 Å². The molecule has 2 amide bonds. The van der Waals surface area contributed by atoms with Crippen LogP contribution < -0.4 is 9.80 Å². The average Bonchev–Trinajstić information content (AvgIpc) is 3.36. The lowest BCUT2D eigenvalue weighted by atomic mass is 10.2. The van der Waals surface area contributed by atoms with E-state index < -0.39 is 17.4 Å². The third kappa shape index (κ3) is 3.08. The maximum absolute atomic E-state index is 13.4. The molecule has 8 heteroatoms. The molecule has 0 unspecified atom stereocenters. The SMILES string of the molecule is O=C(COC(=O)[C@@]12CCC(=O)N1c1ccccc1S2)N1c2ccccc2Sc2ccccc21. The zero-order valence-corrected chi connectivity index (χ0v) is 19.0. The lowest BCUT2D eigenvalue weighted by Gasteiger charge is -2.32. The summed E-state index contributed by atoms with van der Waals surface area (Å²) in [6.45, 7) is -0.410. The quantitative estimate of drug-likeness (QED) is 0.499. The first-order valence-electron chi connectivity index (χ1n) is 10.6. The number of rotatable bonds is 3. The van der Waals surface area contributed by atoms with Gasteiger partial charge in [0.05, 0.1) is 17.1 Å². The van der Waals surface area contributed by atoms with Crippen molar-refractivity contribution < 1.29 is 19.1 Å². The third-order valence-corrected chi connectivity index (χ3v) is 8.59. The van der Waals surface area contributed by atoms with Crippen LogP contribution in [0, 0.1) is 0 Å². The summed E-state index contributed by atoms with van der Waals surface area (Å²) in [6, 6.07) is 22.8. The lowest BCUT2D eigenvalue weighted by molar-refractivity contribution is -0.150. The summed E-state index contributed by atoms with van der Waals surface area (Å²) >= 11 is 2.94. The molecule has 1 fully saturated rings. The second-order valence-corrected chi connectivity index (χ2v) is 10.3. The highest BCUT2D eigenvalue weighted by molar-refractivity contribution is 8.02. The Balaban J connectivity index is 1.27. The van der Waals surface area contributed by atoms with E-state index in [9.17, 15) is 14.4 Å². The Morgan fingerprint density at radius 1 is 0.848 bits per heavy atom. The van der Waals surface area contributed by atoms with Crippen LogP contribution in [-0.4, -0.2) is 29.3 Å². The number of thioether (sulfide) groups is 1. The second-order valence-electron chi connectivity index (χ2n) is 7.93. The molecule has 6 nitrogen and oxygen atoms in total. The summed E-state index contributed by atoms with van der Waals surface area (Å²) in [5, 5.41) is 0. The largest absolute Gasteiger partial charge is 0.453 e. The van der Waals surface area contributed by atoms with Gasteiger partial charge in [0, 0.05) is 27.5 Å². The van der Waals surface area contributed by atoms with Crippen LogP contribution in [0.25, 0.3) is 0 Å². The number of hydrogen-bond donors (Lipinski definition) is 0. The van der Waals surface area contributed by atoms with Gasteiger partial charge >= 0.3 is 5.97 Å². The number of para-hydroxylation sites is 3. The molecule has 164 valence electrons. The molecule has 0 radical (unpaired) electrons. The predicted octanol–water partition coefficient (Wildman–Crippen LogP) is 4.99. The number of ether oxygens (including phenoxy) is 1. The Kier molecular flexibility index (Phi) is 4.74. The van der Waals surface area contributed by atoms with Crippen LogP contribution in [0.5, 0.6) is 0 Å². The molecular formula is C25H18N2O4S2. The van der Waals surface area contributed by atoms with Gasteiger partial charge in [0.15, 0.2) is 11.5 Å². The Hall–Kier alpha value is -3.23. The van der Waals surface area contributed by atoms with Crippen molar-refractivity contribution in [2.75, 3.05) is 16.4 Å². The fraction of sp³-hybridized carbons (Fsp3) is 0.160. The van der Waals surface area contributed by atoms with Gasteiger partial charge in [0.2, 0.25) is 5.91 Å². The number of nitrogens with zero attached hydrogens (tertiary/aromatic N) is 2. The third-order valence-electron chi connectivity index (χ3n) is 6.00. The van der Waals surface area contributed by atoms with Crippen molar-refractivity contribution in [2.45, 2.75) is 32.4 Å². The molecule has 3 heterocycles. The van der Waals surface area contributed by atoms with Crippen LogP contribution >= 0.6 is 23.5 Å². The Morgan fingerprint density at radius 2 is 1.42 bits per heavy atom. The Bertz CT molecular complexity index is 1280. The normalized spacial score (nSPS) is 20.1. The number of amides is 2. The van der Waals surface area contributed by atoms with E-state index >= 15 is 0 Å². The molecule has 1 saturated heterocycles. The first-order chi connectivity index (χ1) is 16.1. The lowest BCUT2D eigenvalue weighted by Crippen LogP contribution is -2.48. The summed E-state index contributed by atoms with van der Waals surface area (Å²) in [4.78, 5) is 44.1. The van der Waals surface area contributed by atoms with E-state index in [4.69, 9.17) is 4.74 Å². The average molecular weight is 475 g/mol. The van der Waals surface area contributed by atoms with Crippen molar-refractivity contribution in [3.63, 3.8) is 0 Å². The highest BCUT2D eigenvalue weighted by atomic mass is 32.2. The van der Waals surface area contributed by atoms with E-state index in [1.54, 1.807) is 21.6 Å². The summed E-state index contributed by atoms with van der Waals surface area (Å²) < 4.78 is 5.60.